The summed E-state index contributed by atoms with van der Waals surface area (Å²) in [5.41, 5.74) is 2.90. The van der Waals surface area contributed by atoms with Gasteiger partial charge < -0.3 is 10.2 Å². The van der Waals surface area contributed by atoms with Crippen LogP contribution in [0.3, 0.4) is 0 Å². The summed E-state index contributed by atoms with van der Waals surface area (Å²) in [4.78, 5) is 7.08. The van der Waals surface area contributed by atoms with Crippen LogP contribution in [0.4, 0.5) is 11.6 Å². The molecule has 0 saturated heterocycles. The first-order valence-corrected chi connectivity index (χ1v) is 7.39. The number of nitrogens with one attached hydrogen (secondary N) is 1. The van der Waals surface area contributed by atoms with Crippen molar-refractivity contribution < 1.29 is 0 Å². The average molecular weight is 267 g/mol. The second-order valence-corrected chi connectivity index (χ2v) is 5.25. The Bertz CT molecular complexity index is 580. The predicted molar refractivity (Wildman–Crippen MR) is 84.2 cm³/mol. The number of pyridine rings is 1. The van der Waals surface area contributed by atoms with Crippen molar-refractivity contribution in [2.24, 2.45) is 0 Å². The lowest BCUT2D eigenvalue weighted by molar-refractivity contribution is 0.721. The van der Waals surface area contributed by atoms with Gasteiger partial charge in [-0.15, -0.1) is 0 Å². The monoisotopic (exact) mass is 267 g/mol. The van der Waals surface area contributed by atoms with Crippen LogP contribution in [0.5, 0.6) is 0 Å². The third kappa shape index (κ3) is 2.77. The van der Waals surface area contributed by atoms with Crippen LogP contribution in [0.2, 0.25) is 0 Å². The second kappa shape index (κ2) is 5.95. The molecule has 0 spiro atoms. The van der Waals surface area contributed by atoms with Gasteiger partial charge in [-0.2, -0.15) is 0 Å². The molecule has 0 saturated carbocycles. The van der Waals surface area contributed by atoms with E-state index in [0.717, 1.165) is 44.1 Å². The Hall–Kier alpha value is -2.03. The van der Waals surface area contributed by atoms with Gasteiger partial charge in [0.15, 0.2) is 0 Å². The molecule has 0 amide bonds. The molecule has 3 nitrogen and oxygen atoms in total. The fourth-order valence-electron chi connectivity index (χ4n) is 2.64. The lowest BCUT2D eigenvalue weighted by Gasteiger charge is -2.30. The molecule has 0 radical (unpaired) electrons. The number of benzene rings is 1. The molecule has 1 aromatic heterocycles. The molecule has 3 heteroatoms. The van der Waals surface area contributed by atoms with Crippen molar-refractivity contribution in [1.29, 1.82) is 0 Å². The van der Waals surface area contributed by atoms with E-state index in [1.54, 1.807) is 0 Å². The number of hydrogen-bond acceptors (Lipinski definition) is 3. The van der Waals surface area contributed by atoms with Gasteiger partial charge in [-0.1, -0.05) is 37.3 Å². The molecule has 0 fully saturated rings. The Morgan fingerprint density at radius 1 is 1.10 bits per heavy atom. The minimum Gasteiger partial charge on any atom is -0.370 e. The van der Waals surface area contributed by atoms with Gasteiger partial charge in [0.2, 0.25) is 0 Å². The first-order chi connectivity index (χ1) is 9.86. The molecule has 0 unspecified atom stereocenters. The number of fused-ring (bicyclic) bond motifs is 1. The number of hydrogen-bond donors (Lipinski definition) is 1. The van der Waals surface area contributed by atoms with Crippen molar-refractivity contribution in [3.05, 3.63) is 53.6 Å². The van der Waals surface area contributed by atoms with Gasteiger partial charge in [-0.3, -0.25) is 0 Å². The van der Waals surface area contributed by atoms with E-state index in [-0.39, 0.29) is 0 Å². The quantitative estimate of drug-likeness (QED) is 0.919. The Balaban J connectivity index is 1.77. The van der Waals surface area contributed by atoms with Crippen molar-refractivity contribution >= 4 is 11.6 Å². The minimum atomic E-state index is 0.959. The fraction of sp³-hybridized carbons (Fsp3) is 0.353. The first kappa shape index (κ1) is 13.0. The van der Waals surface area contributed by atoms with Gasteiger partial charge in [0.25, 0.3) is 0 Å². The normalized spacial score (nSPS) is 13.9. The van der Waals surface area contributed by atoms with E-state index in [1.807, 2.05) is 6.07 Å². The molecule has 0 aliphatic carbocycles. The standard InChI is InChI=1S/C17H21N3/c1-2-11-18-16-8-5-9-17(19-16)20-12-10-14-6-3-4-7-15(14)13-20/h3-9H,2,10-13H2,1H3,(H,18,19). The van der Waals surface area contributed by atoms with Crippen LogP contribution < -0.4 is 10.2 Å². The van der Waals surface area contributed by atoms with Crippen molar-refractivity contribution in [3.8, 4) is 0 Å². The SMILES string of the molecule is CCCNc1cccc(N2CCc3ccccc3C2)n1. The van der Waals surface area contributed by atoms with E-state index >= 15 is 0 Å². The van der Waals surface area contributed by atoms with E-state index in [0.29, 0.717) is 0 Å². The van der Waals surface area contributed by atoms with Gasteiger partial charge in [0.05, 0.1) is 0 Å². The van der Waals surface area contributed by atoms with Crippen LogP contribution in [0.1, 0.15) is 24.5 Å². The zero-order chi connectivity index (χ0) is 13.8. The molecule has 2 heterocycles. The summed E-state index contributed by atoms with van der Waals surface area (Å²) in [7, 11) is 0. The van der Waals surface area contributed by atoms with E-state index in [9.17, 15) is 0 Å². The lowest BCUT2D eigenvalue weighted by atomic mass is 10.00. The maximum atomic E-state index is 4.72. The lowest BCUT2D eigenvalue weighted by Crippen LogP contribution is -2.31. The van der Waals surface area contributed by atoms with Gasteiger partial charge >= 0.3 is 0 Å². The number of rotatable bonds is 4. The Morgan fingerprint density at radius 3 is 2.80 bits per heavy atom. The zero-order valence-electron chi connectivity index (χ0n) is 12.0. The fourth-order valence-corrected chi connectivity index (χ4v) is 2.64. The predicted octanol–water partition coefficient (Wildman–Crippen LogP) is 3.47. The van der Waals surface area contributed by atoms with Gasteiger partial charge in [0, 0.05) is 19.6 Å². The van der Waals surface area contributed by atoms with Crippen LogP contribution in [0, 0.1) is 0 Å². The highest BCUT2D eigenvalue weighted by Gasteiger charge is 2.16. The molecular weight excluding hydrogens is 246 g/mol. The van der Waals surface area contributed by atoms with Gasteiger partial charge in [-0.25, -0.2) is 4.98 Å². The van der Waals surface area contributed by atoms with Crippen molar-refractivity contribution in [3.63, 3.8) is 0 Å². The van der Waals surface area contributed by atoms with E-state index in [2.05, 4.69) is 53.5 Å². The van der Waals surface area contributed by atoms with Crippen LogP contribution in [0.15, 0.2) is 42.5 Å². The summed E-state index contributed by atoms with van der Waals surface area (Å²) in [6.07, 6.45) is 2.22. The van der Waals surface area contributed by atoms with Crippen molar-refractivity contribution in [1.82, 2.24) is 4.98 Å². The highest BCUT2D eigenvalue weighted by atomic mass is 15.2. The topological polar surface area (TPSA) is 28.2 Å². The summed E-state index contributed by atoms with van der Waals surface area (Å²) >= 11 is 0. The molecule has 3 rings (SSSR count). The summed E-state index contributed by atoms with van der Waals surface area (Å²) in [5.74, 6) is 2.05. The molecule has 1 aliphatic heterocycles. The van der Waals surface area contributed by atoms with Gasteiger partial charge in [-0.05, 0) is 36.1 Å². The smallest absolute Gasteiger partial charge is 0.131 e. The second-order valence-electron chi connectivity index (χ2n) is 5.25. The molecule has 104 valence electrons. The highest BCUT2D eigenvalue weighted by molar-refractivity contribution is 5.49. The molecule has 1 N–H and O–H groups in total. The molecule has 1 aliphatic rings. The van der Waals surface area contributed by atoms with Crippen LogP contribution in [-0.2, 0) is 13.0 Å². The Morgan fingerprint density at radius 2 is 1.95 bits per heavy atom. The molecule has 1 aromatic carbocycles. The maximum Gasteiger partial charge on any atom is 0.131 e. The number of nitrogens with zero attached hydrogens (tertiary/aromatic N) is 2. The van der Waals surface area contributed by atoms with Crippen molar-refractivity contribution in [2.45, 2.75) is 26.3 Å². The van der Waals surface area contributed by atoms with Crippen LogP contribution in [-0.4, -0.2) is 18.1 Å². The average Bonchev–Trinajstić information content (AvgIpc) is 2.53. The molecular formula is C17H21N3. The van der Waals surface area contributed by atoms with Crippen molar-refractivity contribution in [2.75, 3.05) is 23.3 Å². The molecule has 2 aromatic rings. The molecule has 0 bridgehead atoms. The number of anilines is 2. The summed E-state index contributed by atoms with van der Waals surface area (Å²) in [6.45, 7) is 5.14. The summed E-state index contributed by atoms with van der Waals surface area (Å²) in [6, 6.07) is 14.9. The van der Waals surface area contributed by atoms with Crippen LogP contribution >= 0.6 is 0 Å². The first-order valence-electron chi connectivity index (χ1n) is 7.39. The molecule has 0 atom stereocenters. The Kier molecular flexibility index (Phi) is 3.86. The number of aromatic nitrogens is 1. The highest BCUT2D eigenvalue weighted by Crippen LogP contribution is 2.23. The maximum absolute atomic E-state index is 4.72. The third-order valence-electron chi connectivity index (χ3n) is 3.75. The summed E-state index contributed by atoms with van der Waals surface area (Å²) in [5, 5.41) is 3.36. The Labute approximate surface area is 120 Å². The van der Waals surface area contributed by atoms with Crippen LogP contribution in [0.25, 0.3) is 0 Å². The van der Waals surface area contributed by atoms with Gasteiger partial charge in [0.1, 0.15) is 11.6 Å². The largest absolute Gasteiger partial charge is 0.370 e. The van der Waals surface area contributed by atoms with E-state index < -0.39 is 0 Å². The van der Waals surface area contributed by atoms with E-state index in [4.69, 9.17) is 4.98 Å². The third-order valence-corrected chi connectivity index (χ3v) is 3.75. The minimum absolute atomic E-state index is 0.959. The van der Waals surface area contributed by atoms with E-state index in [1.165, 1.54) is 11.1 Å². The molecule has 20 heavy (non-hydrogen) atoms. The zero-order valence-corrected chi connectivity index (χ0v) is 12.0. The summed E-state index contributed by atoms with van der Waals surface area (Å²) < 4.78 is 0.